The molecule has 0 radical (unpaired) electrons. The molecule has 1 saturated heterocycles. The topological polar surface area (TPSA) is 65.3 Å². The fourth-order valence-corrected chi connectivity index (χ4v) is 2.33. The van der Waals surface area contributed by atoms with Gasteiger partial charge >= 0.3 is 0 Å². The van der Waals surface area contributed by atoms with Gasteiger partial charge in [0.25, 0.3) is 0 Å². The maximum atomic E-state index is 8.66. The van der Waals surface area contributed by atoms with Gasteiger partial charge < -0.3 is 14.5 Å². The number of aromatic nitrogens is 2. The standard InChI is InChI=1S/C13H17N5OS2/c14-2-1-3-18(13(20)21)10-11-8-15-12(16-9-11)17-4-6-19-7-5-17/h8-9H,1,3-7,10H2,(H,20,21). The summed E-state index contributed by atoms with van der Waals surface area (Å²) in [6.07, 6.45) is 4.00. The molecule has 2 heterocycles. The lowest BCUT2D eigenvalue weighted by atomic mass is 10.3. The van der Waals surface area contributed by atoms with Crippen molar-refractivity contribution in [2.75, 3.05) is 37.7 Å². The number of thiocarbonyl (C=S) groups is 1. The van der Waals surface area contributed by atoms with Gasteiger partial charge in [0.05, 0.1) is 25.7 Å². The van der Waals surface area contributed by atoms with Crippen LogP contribution in [0.3, 0.4) is 0 Å². The van der Waals surface area contributed by atoms with Crippen molar-refractivity contribution in [1.29, 1.82) is 5.26 Å². The van der Waals surface area contributed by atoms with E-state index in [1.807, 2.05) is 4.90 Å². The van der Waals surface area contributed by atoms with Gasteiger partial charge in [-0.1, -0.05) is 12.2 Å². The van der Waals surface area contributed by atoms with Crippen LogP contribution in [0, 0.1) is 11.3 Å². The molecule has 1 aromatic heterocycles. The monoisotopic (exact) mass is 323 g/mol. The van der Waals surface area contributed by atoms with Crippen molar-refractivity contribution >= 4 is 35.1 Å². The third kappa shape index (κ3) is 4.81. The minimum absolute atomic E-state index is 0.410. The Hall–Kier alpha value is -1.43. The molecule has 0 spiro atoms. The summed E-state index contributed by atoms with van der Waals surface area (Å²) in [4.78, 5) is 12.7. The molecule has 0 aromatic carbocycles. The van der Waals surface area contributed by atoms with E-state index in [1.54, 1.807) is 12.4 Å². The Morgan fingerprint density at radius 1 is 1.43 bits per heavy atom. The van der Waals surface area contributed by atoms with Gasteiger partial charge in [0.1, 0.15) is 4.32 Å². The van der Waals surface area contributed by atoms with Crippen LogP contribution in [0.2, 0.25) is 0 Å². The number of anilines is 1. The molecule has 2 rings (SSSR count). The fourth-order valence-electron chi connectivity index (χ4n) is 2.00. The Morgan fingerprint density at radius 3 is 2.67 bits per heavy atom. The lowest BCUT2D eigenvalue weighted by molar-refractivity contribution is 0.122. The maximum Gasteiger partial charge on any atom is 0.225 e. The molecule has 1 aromatic rings. The first kappa shape index (κ1) is 15.9. The van der Waals surface area contributed by atoms with Crippen LogP contribution >= 0.6 is 24.8 Å². The summed E-state index contributed by atoms with van der Waals surface area (Å²) >= 11 is 9.26. The van der Waals surface area contributed by atoms with Crippen LogP contribution in [-0.2, 0) is 11.3 Å². The lowest BCUT2D eigenvalue weighted by Gasteiger charge is -2.27. The molecule has 21 heavy (non-hydrogen) atoms. The SMILES string of the molecule is N#CCCN(Cc1cnc(N2CCOCC2)nc1)C(=S)S. The van der Waals surface area contributed by atoms with Crippen molar-refractivity contribution in [2.45, 2.75) is 13.0 Å². The van der Waals surface area contributed by atoms with Crippen molar-refractivity contribution in [2.24, 2.45) is 0 Å². The summed E-state index contributed by atoms with van der Waals surface area (Å²) < 4.78 is 5.78. The van der Waals surface area contributed by atoms with Gasteiger partial charge in [0.2, 0.25) is 5.95 Å². The van der Waals surface area contributed by atoms with E-state index in [1.165, 1.54) is 0 Å². The van der Waals surface area contributed by atoms with E-state index < -0.39 is 0 Å². The van der Waals surface area contributed by atoms with Gasteiger partial charge in [-0.15, -0.1) is 12.6 Å². The van der Waals surface area contributed by atoms with Crippen molar-refractivity contribution in [3.05, 3.63) is 18.0 Å². The molecule has 1 fully saturated rings. The van der Waals surface area contributed by atoms with Crippen LogP contribution in [0.15, 0.2) is 12.4 Å². The molecule has 0 N–H and O–H groups in total. The largest absolute Gasteiger partial charge is 0.378 e. The van der Waals surface area contributed by atoms with E-state index in [-0.39, 0.29) is 0 Å². The minimum atomic E-state index is 0.410. The molecular formula is C13H17N5OS2. The third-order valence-corrected chi connectivity index (χ3v) is 3.66. The smallest absolute Gasteiger partial charge is 0.225 e. The zero-order chi connectivity index (χ0) is 15.1. The maximum absolute atomic E-state index is 8.66. The van der Waals surface area contributed by atoms with Crippen LogP contribution in [0.1, 0.15) is 12.0 Å². The van der Waals surface area contributed by atoms with Crippen LogP contribution in [-0.4, -0.2) is 52.0 Å². The molecule has 112 valence electrons. The van der Waals surface area contributed by atoms with Gasteiger partial charge in [-0.2, -0.15) is 5.26 Å². The van der Waals surface area contributed by atoms with Gasteiger partial charge in [0, 0.05) is 44.1 Å². The number of thiol groups is 1. The summed E-state index contributed by atoms with van der Waals surface area (Å²) in [7, 11) is 0. The summed E-state index contributed by atoms with van der Waals surface area (Å²) in [5.74, 6) is 0.721. The average molecular weight is 323 g/mol. The predicted molar refractivity (Wildman–Crippen MR) is 87.3 cm³/mol. The quantitative estimate of drug-likeness (QED) is 0.646. The van der Waals surface area contributed by atoms with Crippen LogP contribution in [0.5, 0.6) is 0 Å². The van der Waals surface area contributed by atoms with Crippen molar-refractivity contribution in [1.82, 2.24) is 14.9 Å². The first-order valence-electron chi connectivity index (χ1n) is 6.69. The highest BCUT2D eigenvalue weighted by molar-refractivity contribution is 8.10. The van der Waals surface area contributed by atoms with Gasteiger partial charge in [0.15, 0.2) is 0 Å². The molecule has 1 aliphatic heterocycles. The number of morpholine rings is 1. The van der Waals surface area contributed by atoms with Gasteiger partial charge in [-0.25, -0.2) is 9.97 Å². The van der Waals surface area contributed by atoms with Gasteiger partial charge in [-0.05, 0) is 0 Å². The van der Waals surface area contributed by atoms with Crippen LogP contribution < -0.4 is 4.90 Å². The molecule has 1 aliphatic rings. The molecule has 0 aliphatic carbocycles. The summed E-state index contributed by atoms with van der Waals surface area (Å²) in [6, 6.07) is 2.11. The summed E-state index contributed by atoms with van der Waals surface area (Å²) in [5.41, 5.74) is 0.946. The first-order chi connectivity index (χ1) is 10.2. The van der Waals surface area contributed by atoms with E-state index >= 15 is 0 Å². The lowest BCUT2D eigenvalue weighted by Crippen LogP contribution is -2.37. The van der Waals surface area contributed by atoms with E-state index in [0.717, 1.165) is 24.6 Å². The molecule has 0 amide bonds. The number of ether oxygens (including phenoxy) is 1. The van der Waals surface area contributed by atoms with Crippen molar-refractivity contribution in [3.8, 4) is 6.07 Å². The molecule has 0 unspecified atom stereocenters. The summed E-state index contributed by atoms with van der Waals surface area (Å²) in [5, 5.41) is 8.66. The molecule has 6 nitrogen and oxygen atoms in total. The second-order valence-electron chi connectivity index (χ2n) is 4.60. The number of hydrogen-bond donors (Lipinski definition) is 1. The highest BCUT2D eigenvalue weighted by Gasteiger charge is 2.14. The van der Waals surface area contributed by atoms with E-state index in [2.05, 4.69) is 33.6 Å². The first-order valence-corrected chi connectivity index (χ1v) is 7.54. The Labute approximate surface area is 135 Å². The van der Waals surface area contributed by atoms with E-state index in [4.69, 9.17) is 22.2 Å². The number of hydrogen-bond acceptors (Lipinski definition) is 6. The second-order valence-corrected chi connectivity index (χ2v) is 5.72. The number of rotatable bonds is 5. The zero-order valence-electron chi connectivity index (χ0n) is 11.6. The highest BCUT2D eigenvalue weighted by atomic mass is 32.1. The molecule has 8 heteroatoms. The third-order valence-electron chi connectivity index (χ3n) is 3.12. The average Bonchev–Trinajstić information content (AvgIpc) is 2.52. The Kier molecular flexibility index (Phi) is 6.17. The molecule has 0 atom stereocenters. The van der Waals surface area contributed by atoms with Crippen LogP contribution in [0.4, 0.5) is 5.95 Å². The predicted octanol–water partition coefficient (Wildman–Crippen LogP) is 1.24. The Balaban J connectivity index is 1.97. The van der Waals surface area contributed by atoms with E-state index in [0.29, 0.717) is 37.0 Å². The summed E-state index contributed by atoms with van der Waals surface area (Å²) in [6.45, 7) is 4.17. The molecular weight excluding hydrogens is 306 g/mol. The normalized spacial score (nSPS) is 14.6. The minimum Gasteiger partial charge on any atom is -0.378 e. The zero-order valence-corrected chi connectivity index (χ0v) is 13.3. The fraction of sp³-hybridized carbons (Fsp3) is 0.538. The van der Waals surface area contributed by atoms with Crippen molar-refractivity contribution in [3.63, 3.8) is 0 Å². The number of nitriles is 1. The van der Waals surface area contributed by atoms with Crippen LogP contribution in [0.25, 0.3) is 0 Å². The molecule has 0 bridgehead atoms. The highest BCUT2D eigenvalue weighted by Crippen LogP contribution is 2.11. The van der Waals surface area contributed by atoms with Gasteiger partial charge in [-0.3, -0.25) is 0 Å². The molecule has 0 saturated carbocycles. The van der Waals surface area contributed by atoms with Crippen molar-refractivity contribution < 1.29 is 4.74 Å². The Bertz CT molecular complexity index is 510. The second kappa shape index (κ2) is 8.12. The Morgan fingerprint density at radius 2 is 2.10 bits per heavy atom. The van der Waals surface area contributed by atoms with E-state index in [9.17, 15) is 0 Å². The number of nitrogens with zero attached hydrogens (tertiary/aromatic N) is 5.